The number of hydrogen-bond acceptors (Lipinski definition) is 4. The average Bonchev–Trinajstić information content (AvgIpc) is 2.90. The molecule has 3 nitrogen and oxygen atoms in total. The van der Waals surface area contributed by atoms with E-state index in [1.54, 1.807) is 18.4 Å². The van der Waals surface area contributed by atoms with Crippen molar-refractivity contribution in [3.05, 3.63) is 46.8 Å². The molecule has 1 aromatic heterocycles. The van der Waals surface area contributed by atoms with Crippen molar-refractivity contribution in [1.82, 2.24) is 0 Å². The molecule has 1 heterocycles. The summed E-state index contributed by atoms with van der Waals surface area (Å²) in [4.78, 5) is 12.5. The van der Waals surface area contributed by atoms with Crippen LogP contribution in [0.15, 0.2) is 34.5 Å². The summed E-state index contributed by atoms with van der Waals surface area (Å²) in [5.41, 5.74) is 0.401. The molecule has 0 aliphatic carbocycles. The molecule has 7 heteroatoms. The molecule has 2 rings (SSSR count). The van der Waals surface area contributed by atoms with E-state index in [-0.39, 0.29) is 5.91 Å². The first-order valence-corrected chi connectivity index (χ1v) is 7.67. The molecule has 108 valence electrons. The molecular formula is C14H10F2N2OS2. The highest BCUT2D eigenvalue weighted by atomic mass is 32.2. The van der Waals surface area contributed by atoms with Gasteiger partial charge < -0.3 is 5.32 Å². The lowest BCUT2D eigenvalue weighted by Gasteiger charge is -2.11. The van der Waals surface area contributed by atoms with Crippen molar-refractivity contribution in [3.8, 4) is 6.07 Å². The number of thioether (sulfide) groups is 1. The van der Waals surface area contributed by atoms with Gasteiger partial charge in [0.15, 0.2) is 11.6 Å². The van der Waals surface area contributed by atoms with Crippen molar-refractivity contribution in [2.24, 2.45) is 0 Å². The first kappa shape index (κ1) is 15.5. The minimum atomic E-state index is -0.947. The van der Waals surface area contributed by atoms with Crippen molar-refractivity contribution in [2.75, 3.05) is 5.32 Å². The lowest BCUT2D eigenvalue weighted by Crippen LogP contribution is -2.22. The number of amides is 1. The Bertz CT molecular complexity index is 709. The summed E-state index contributed by atoms with van der Waals surface area (Å²) in [6.45, 7) is 1.65. The van der Waals surface area contributed by atoms with E-state index in [4.69, 9.17) is 5.26 Å². The minimum Gasteiger partial charge on any atom is -0.316 e. The molecular weight excluding hydrogens is 314 g/mol. The fourth-order valence-electron chi connectivity index (χ4n) is 1.52. The van der Waals surface area contributed by atoms with Crippen LogP contribution >= 0.6 is 23.1 Å². The molecule has 0 aliphatic rings. The normalized spacial score (nSPS) is 11.7. The SMILES string of the molecule is CC(Sc1ccc(F)c(F)c1)C(=O)Nc1sccc1C#N. The Labute approximate surface area is 128 Å². The van der Waals surface area contributed by atoms with Crippen molar-refractivity contribution in [3.63, 3.8) is 0 Å². The van der Waals surface area contributed by atoms with Crippen LogP contribution in [-0.2, 0) is 4.79 Å². The summed E-state index contributed by atoms with van der Waals surface area (Å²) in [6.07, 6.45) is 0. The molecule has 1 atom stereocenters. The van der Waals surface area contributed by atoms with Crippen molar-refractivity contribution in [1.29, 1.82) is 5.26 Å². The second-order valence-electron chi connectivity index (χ2n) is 4.10. The zero-order chi connectivity index (χ0) is 15.4. The summed E-state index contributed by atoms with van der Waals surface area (Å²) in [5, 5.41) is 13.2. The molecule has 0 spiro atoms. The fourth-order valence-corrected chi connectivity index (χ4v) is 3.15. The van der Waals surface area contributed by atoms with Gasteiger partial charge in [-0.3, -0.25) is 4.79 Å². The number of rotatable bonds is 4. The van der Waals surface area contributed by atoms with Crippen LogP contribution in [0.3, 0.4) is 0 Å². The number of benzene rings is 1. The van der Waals surface area contributed by atoms with Gasteiger partial charge in [0.25, 0.3) is 0 Å². The molecule has 2 aromatic rings. The third kappa shape index (κ3) is 3.80. The van der Waals surface area contributed by atoms with E-state index in [2.05, 4.69) is 5.32 Å². The molecule has 1 aromatic carbocycles. The first-order chi connectivity index (χ1) is 10.0. The quantitative estimate of drug-likeness (QED) is 0.864. The molecule has 1 amide bonds. The molecule has 21 heavy (non-hydrogen) atoms. The van der Waals surface area contributed by atoms with Crippen LogP contribution in [0.2, 0.25) is 0 Å². The second-order valence-corrected chi connectivity index (χ2v) is 6.43. The van der Waals surface area contributed by atoms with Crippen LogP contribution in [0.4, 0.5) is 13.8 Å². The maximum absolute atomic E-state index is 13.1. The summed E-state index contributed by atoms with van der Waals surface area (Å²) < 4.78 is 25.9. The van der Waals surface area contributed by atoms with Gasteiger partial charge in [0.05, 0.1) is 10.8 Å². The molecule has 0 saturated heterocycles. The van der Waals surface area contributed by atoms with Gasteiger partial charge in [0.1, 0.15) is 11.1 Å². The third-order valence-corrected chi connectivity index (χ3v) is 4.52. The van der Waals surface area contributed by atoms with Crippen molar-refractivity contribution >= 4 is 34.0 Å². The number of thiophene rings is 1. The molecule has 0 radical (unpaired) electrons. The molecule has 0 bridgehead atoms. The third-order valence-electron chi connectivity index (χ3n) is 2.60. The molecule has 0 aliphatic heterocycles. The molecule has 1 N–H and O–H groups in total. The number of hydrogen-bond donors (Lipinski definition) is 1. The maximum atomic E-state index is 13.1. The van der Waals surface area contributed by atoms with Crippen molar-refractivity contribution in [2.45, 2.75) is 17.1 Å². The zero-order valence-electron chi connectivity index (χ0n) is 10.9. The Kier molecular flexibility index (Phi) is 4.94. The van der Waals surface area contributed by atoms with Gasteiger partial charge in [-0.15, -0.1) is 23.1 Å². The van der Waals surface area contributed by atoms with E-state index in [1.165, 1.54) is 17.4 Å². The fraction of sp³-hybridized carbons (Fsp3) is 0.143. The van der Waals surface area contributed by atoms with Crippen LogP contribution in [0.1, 0.15) is 12.5 Å². The Hall–Kier alpha value is -1.91. The Morgan fingerprint density at radius 1 is 1.38 bits per heavy atom. The van der Waals surface area contributed by atoms with Gasteiger partial charge in [-0.2, -0.15) is 5.26 Å². The maximum Gasteiger partial charge on any atom is 0.238 e. The minimum absolute atomic E-state index is 0.302. The summed E-state index contributed by atoms with van der Waals surface area (Å²) in [6, 6.07) is 7.09. The average molecular weight is 324 g/mol. The van der Waals surface area contributed by atoms with E-state index in [0.717, 1.165) is 23.9 Å². The Morgan fingerprint density at radius 2 is 2.14 bits per heavy atom. The van der Waals surface area contributed by atoms with Gasteiger partial charge in [-0.05, 0) is 36.6 Å². The topological polar surface area (TPSA) is 52.9 Å². The van der Waals surface area contributed by atoms with Gasteiger partial charge in [0.2, 0.25) is 5.91 Å². The highest BCUT2D eigenvalue weighted by Crippen LogP contribution is 2.27. The van der Waals surface area contributed by atoms with Crippen LogP contribution in [-0.4, -0.2) is 11.2 Å². The largest absolute Gasteiger partial charge is 0.316 e. The Morgan fingerprint density at radius 3 is 2.81 bits per heavy atom. The number of nitrogens with one attached hydrogen (secondary N) is 1. The summed E-state index contributed by atoms with van der Waals surface area (Å²) >= 11 is 2.37. The van der Waals surface area contributed by atoms with Gasteiger partial charge in [0, 0.05) is 4.90 Å². The first-order valence-electron chi connectivity index (χ1n) is 5.91. The smallest absolute Gasteiger partial charge is 0.238 e. The molecule has 1 unspecified atom stereocenters. The van der Waals surface area contributed by atoms with Gasteiger partial charge in [-0.25, -0.2) is 8.78 Å². The van der Waals surface area contributed by atoms with Gasteiger partial charge >= 0.3 is 0 Å². The lowest BCUT2D eigenvalue weighted by molar-refractivity contribution is -0.115. The molecule has 0 fully saturated rings. The highest BCUT2D eigenvalue weighted by molar-refractivity contribution is 8.00. The van der Waals surface area contributed by atoms with Crippen LogP contribution in [0, 0.1) is 23.0 Å². The van der Waals surface area contributed by atoms with Crippen LogP contribution < -0.4 is 5.32 Å². The number of nitrogens with zero attached hydrogens (tertiary/aromatic N) is 1. The standard InChI is InChI=1S/C14H10F2N2OS2/c1-8(21-10-2-3-11(15)12(16)6-10)13(19)18-14-9(7-17)4-5-20-14/h2-6,8H,1H3,(H,18,19). The van der Waals surface area contributed by atoms with Crippen LogP contribution in [0.5, 0.6) is 0 Å². The number of halogens is 2. The number of nitriles is 1. The monoisotopic (exact) mass is 324 g/mol. The van der Waals surface area contributed by atoms with E-state index < -0.39 is 16.9 Å². The molecule has 0 saturated carbocycles. The van der Waals surface area contributed by atoms with E-state index >= 15 is 0 Å². The predicted molar refractivity (Wildman–Crippen MR) is 79.3 cm³/mol. The second kappa shape index (κ2) is 6.70. The Balaban J connectivity index is 2.03. The number of anilines is 1. The zero-order valence-corrected chi connectivity index (χ0v) is 12.5. The van der Waals surface area contributed by atoms with E-state index in [9.17, 15) is 13.6 Å². The summed E-state index contributed by atoms with van der Waals surface area (Å²) in [5.74, 6) is -2.17. The number of carbonyl (C=O) groups excluding carboxylic acids is 1. The highest BCUT2D eigenvalue weighted by Gasteiger charge is 2.17. The van der Waals surface area contributed by atoms with Gasteiger partial charge in [-0.1, -0.05) is 0 Å². The van der Waals surface area contributed by atoms with E-state index in [1.807, 2.05) is 6.07 Å². The van der Waals surface area contributed by atoms with E-state index in [0.29, 0.717) is 15.5 Å². The number of carbonyl (C=O) groups is 1. The predicted octanol–water partition coefficient (Wildman–Crippen LogP) is 4.02. The summed E-state index contributed by atoms with van der Waals surface area (Å²) in [7, 11) is 0. The lowest BCUT2D eigenvalue weighted by atomic mass is 10.3. The van der Waals surface area contributed by atoms with Crippen LogP contribution in [0.25, 0.3) is 0 Å². The van der Waals surface area contributed by atoms with Crippen molar-refractivity contribution < 1.29 is 13.6 Å².